The van der Waals surface area contributed by atoms with Crippen molar-refractivity contribution in [1.82, 2.24) is 19.9 Å². The smallest absolute Gasteiger partial charge is 0.404 e. The number of hydrogen-bond acceptors (Lipinski definition) is 6. The zero-order valence-electron chi connectivity index (χ0n) is 15.1. The molecule has 2 aromatic heterocycles. The van der Waals surface area contributed by atoms with Crippen LogP contribution in [0.25, 0.3) is 21.9 Å². The van der Waals surface area contributed by atoms with Gasteiger partial charge in [-0.15, -0.1) is 0 Å². The van der Waals surface area contributed by atoms with E-state index >= 15 is 0 Å². The second-order valence-electron chi connectivity index (χ2n) is 5.87. The van der Waals surface area contributed by atoms with Gasteiger partial charge in [0.25, 0.3) is 0 Å². The Hall–Kier alpha value is -2.91. The number of anilines is 1. The van der Waals surface area contributed by atoms with Crippen LogP contribution >= 0.6 is 0 Å². The molecule has 9 nitrogen and oxygen atoms in total. The van der Waals surface area contributed by atoms with Crippen molar-refractivity contribution in [3.63, 3.8) is 0 Å². The first kappa shape index (κ1) is 18.9. The fourth-order valence-electron chi connectivity index (χ4n) is 2.94. The lowest BCUT2D eigenvalue weighted by molar-refractivity contribution is 0.113. The topological polar surface area (TPSA) is 125 Å². The van der Waals surface area contributed by atoms with Crippen LogP contribution in [0.15, 0.2) is 24.3 Å². The summed E-state index contributed by atoms with van der Waals surface area (Å²) in [4.78, 5) is 19.5. The number of ether oxygens (including phenoxy) is 2. The van der Waals surface area contributed by atoms with Gasteiger partial charge in [-0.1, -0.05) is 18.2 Å². The number of benzene rings is 1. The number of pyridine rings is 1. The number of nitrogen functional groups attached to an aromatic ring is 1. The van der Waals surface area contributed by atoms with Gasteiger partial charge in [0.05, 0.1) is 24.2 Å². The molecule has 0 unspecified atom stereocenters. The third-order valence-electron chi connectivity index (χ3n) is 4.11. The number of nitrogens with zero attached hydrogens (tertiary/aromatic N) is 3. The highest BCUT2D eigenvalue weighted by molar-refractivity contribution is 6.06. The number of fused-ring (bicyclic) bond motifs is 3. The van der Waals surface area contributed by atoms with Gasteiger partial charge in [0.2, 0.25) is 0 Å². The number of hydrogen-bond donors (Lipinski definition) is 3. The van der Waals surface area contributed by atoms with Crippen LogP contribution < -0.4 is 11.1 Å². The number of imidazole rings is 1. The maximum Gasteiger partial charge on any atom is 0.404 e. The summed E-state index contributed by atoms with van der Waals surface area (Å²) in [6.45, 7) is 4.35. The molecule has 0 fully saturated rings. The van der Waals surface area contributed by atoms with E-state index in [1.54, 1.807) is 0 Å². The molecule has 0 atom stereocenters. The Morgan fingerprint density at radius 2 is 2.07 bits per heavy atom. The predicted octanol–water partition coefficient (Wildman–Crippen LogP) is 1.99. The van der Waals surface area contributed by atoms with Gasteiger partial charge in [0.15, 0.2) is 5.82 Å². The molecule has 0 aliphatic heterocycles. The van der Waals surface area contributed by atoms with Crippen LogP contribution in [0.1, 0.15) is 12.7 Å². The molecule has 0 spiro atoms. The van der Waals surface area contributed by atoms with E-state index in [-0.39, 0.29) is 6.54 Å². The number of aromatic nitrogens is 3. The van der Waals surface area contributed by atoms with E-state index < -0.39 is 6.09 Å². The summed E-state index contributed by atoms with van der Waals surface area (Å²) < 4.78 is 13.1. The molecule has 9 heteroatoms. The largest absolute Gasteiger partial charge is 0.465 e. The third kappa shape index (κ3) is 4.26. The van der Waals surface area contributed by atoms with Gasteiger partial charge < -0.3 is 30.2 Å². The molecule has 0 aliphatic rings. The molecule has 1 amide bonds. The first-order valence-electron chi connectivity index (χ1n) is 8.77. The van der Waals surface area contributed by atoms with Crippen LogP contribution in [0.4, 0.5) is 10.6 Å². The minimum atomic E-state index is -1.06. The van der Waals surface area contributed by atoms with E-state index in [2.05, 4.69) is 15.3 Å². The highest BCUT2D eigenvalue weighted by Crippen LogP contribution is 2.28. The maximum absolute atomic E-state index is 10.5. The number of rotatable bonds is 9. The van der Waals surface area contributed by atoms with Gasteiger partial charge in [-0.05, 0) is 13.0 Å². The van der Waals surface area contributed by atoms with Gasteiger partial charge in [0.1, 0.15) is 17.9 Å². The van der Waals surface area contributed by atoms with Gasteiger partial charge >= 0.3 is 6.09 Å². The van der Waals surface area contributed by atoms with E-state index in [1.807, 2.05) is 35.8 Å². The first-order valence-corrected chi connectivity index (χ1v) is 8.77. The van der Waals surface area contributed by atoms with Crippen LogP contribution in [0.3, 0.4) is 0 Å². The Bertz CT molecular complexity index is 940. The van der Waals surface area contributed by atoms with E-state index in [9.17, 15) is 4.79 Å². The maximum atomic E-state index is 10.5. The Labute approximate surface area is 156 Å². The molecule has 27 heavy (non-hydrogen) atoms. The molecule has 4 N–H and O–H groups in total. The van der Waals surface area contributed by atoms with Gasteiger partial charge in [-0.25, -0.2) is 14.8 Å². The van der Waals surface area contributed by atoms with Crippen LogP contribution in [0.2, 0.25) is 0 Å². The molecule has 144 valence electrons. The van der Waals surface area contributed by atoms with E-state index in [1.165, 1.54) is 0 Å². The Kier molecular flexibility index (Phi) is 6.05. The molecule has 0 radical (unpaired) electrons. The van der Waals surface area contributed by atoms with Crippen molar-refractivity contribution < 1.29 is 19.4 Å². The molecule has 2 heterocycles. The number of amides is 1. The van der Waals surface area contributed by atoms with Gasteiger partial charge in [0, 0.05) is 25.1 Å². The van der Waals surface area contributed by atoms with Crippen molar-refractivity contribution >= 4 is 33.8 Å². The molecular formula is C18H23N5O4. The summed E-state index contributed by atoms with van der Waals surface area (Å²) in [5, 5.41) is 11.8. The number of carboxylic acid groups (broad SMARTS) is 1. The molecule has 0 aliphatic carbocycles. The number of para-hydroxylation sites is 1. The number of nitrogens with two attached hydrogens (primary N) is 1. The van der Waals surface area contributed by atoms with Crippen LogP contribution in [0.5, 0.6) is 0 Å². The monoisotopic (exact) mass is 373 g/mol. The lowest BCUT2D eigenvalue weighted by Crippen LogP contribution is -2.25. The predicted molar refractivity (Wildman–Crippen MR) is 102 cm³/mol. The lowest BCUT2D eigenvalue weighted by atomic mass is 10.2. The van der Waals surface area contributed by atoms with Crippen molar-refractivity contribution in [3.05, 3.63) is 30.1 Å². The summed E-state index contributed by atoms with van der Waals surface area (Å²) in [5.74, 6) is 1.13. The fourth-order valence-corrected chi connectivity index (χ4v) is 2.94. The van der Waals surface area contributed by atoms with Crippen molar-refractivity contribution in [2.24, 2.45) is 0 Å². The highest BCUT2D eigenvalue weighted by atomic mass is 16.5. The second-order valence-corrected chi connectivity index (χ2v) is 5.87. The fraction of sp³-hybridized carbons (Fsp3) is 0.389. The Morgan fingerprint density at radius 3 is 2.85 bits per heavy atom. The normalized spacial score (nSPS) is 11.3. The zero-order chi connectivity index (χ0) is 19.2. The summed E-state index contributed by atoms with van der Waals surface area (Å²) in [5.41, 5.74) is 8.49. The number of carbonyl (C=O) groups is 1. The van der Waals surface area contributed by atoms with Crippen molar-refractivity contribution in [2.75, 3.05) is 32.1 Å². The Balaban J connectivity index is 1.89. The molecule has 0 saturated carbocycles. The minimum absolute atomic E-state index is 0.242. The van der Waals surface area contributed by atoms with Crippen LogP contribution in [0, 0.1) is 0 Å². The molecule has 3 rings (SSSR count). The molecular weight excluding hydrogens is 350 g/mol. The quantitative estimate of drug-likeness (QED) is 0.490. The summed E-state index contributed by atoms with van der Waals surface area (Å²) in [7, 11) is 0. The average molecular weight is 373 g/mol. The standard InChI is InChI=1S/C18H23N5O4/c1-2-26-11-14-22-15-16(12-5-3-4-6-13(12)21-17(15)19)23(14)8-10-27-9-7-20-18(24)25/h3-6,20H,2,7-11H2,1H3,(H2,19,21)(H,24,25). The SMILES string of the molecule is CCOCc1nc2c(N)nc3ccccc3c2n1CCOCCNC(=O)O. The second kappa shape index (κ2) is 8.65. The molecule has 3 aromatic rings. The van der Waals surface area contributed by atoms with Crippen molar-refractivity contribution in [1.29, 1.82) is 0 Å². The van der Waals surface area contributed by atoms with Gasteiger partial charge in [-0.2, -0.15) is 0 Å². The van der Waals surface area contributed by atoms with Crippen LogP contribution in [-0.2, 0) is 22.6 Å². The highest BCUT2D eigenvalue weighted by Gasteiger charge is 2.17. The van der Waals surface area contributed by atoms with E-state index in [4.69, 9.17) is 20.3 Å². The van der Waals surface area contributed by atoms with E-state index in [0.29, 0.717) is 44.3 Å². The van der Waals surface area contributed by atoms with Gasteiger partial charge in [-0.3, -0.25) is 0 Å². The summed E-state index contributed by atoms with van der Waals surface area (Å²) >= 11 is 0. The van der Waals surface area contributed by atoms with Crippen molar-refractivity contribution in [3.8, 4) is 0 Å². The average Bonchev–Trinajstić information content (AvgIpc) is 3.02. The third-order valence-corrected chi connectivity index (χ3v) is 4.11. The number of nitrogens with one attached hydrogen (secondary N) is 1. The molecule has 0 saturated heterocycles. The van der Waals surface area contributed by atoms with Crippen LogP contribution in [-0.4, -0.2) is 52.1 Å². The zero-order valence-corrected chi connectivity index (χ0v) is 15.1. The molecule has 1 aromatic carbocycles. The first-order chi connectivity index (χ1) is 13.1. The summed E-state index contributed by atoms with van der Waals surface area (Å²) in [6.07, 6.45) is -1.06. The summed E-state index contributed by atoms with van der Waals surface area (Å²) in [6, 6.07) is 7.78. The van der Waals surface area contributed by atoms with Crippen molar-refractivity contribution in [2.45, 2.75) is 20.1 Å². The Morgan fingerprint density at radius 1 is 1.26 bits per heavy atom. The minimum Gasteiger partial charge on any atom is -0.465 e. The lowest BCUT2D eigenvalue weighted by Gasteiger charge is -2.11. The van der Waals surface area contributed by atoms with E-state index in [0.717, 1.165) is 22.2 Å². The molecule has 0 bridgehead atoms.